The van der Waals surface area contributed by atoms with Crippen LogP contribution in [0.5, 0.6) is 11.8 Å². The molecule has 0 bridgehead atoms. The predicted octanol–water partition coefficient (Wildman–Crippen LogP) is 2.51. The molecule has 0 aliphatic heterocycles. The minimum Gasteiger partial charge on any atom is -0.496 e. The molecule has 0 aliphatic rings. The van der Waals surface area contributed by atoms with E-state index in [0.29, 0.717) is 17.0 Å². The summed E-state index contributed by atoms with van der Waals surface area (Å²) in [6.07, 6.45) is 1.67. The fraction of sp³-hybridized carbons (Fsp3) is 0.0588. The fourth-order valence-corrected chi connectivity index (χ4v) is 2.49. The number of benzene rings is 2. The molecule has 0 unspecified atom stereocenters. The summed E-state index contributed by atoms with van der Waals surface area (Å²) in [7, 11) is 1.49. The number of carbonyl (C=O) groups excluding carboxylic acids is 1. The van der Waals surface area contributed by atoms with Crippen LogP contribution in [-0.4, -0.2) is 32.9 Å². The third kappa shape index (κ3) is 2.23. The van der Waals surface area contributed by atoms with Crippen LogP contribution in [-0.2, 0) is 0 Å². The van der Waals surface area contributed by atoms with E-state index in [9.17, 15) is 4.79 Å². The monoisotopic (exact) mass is 320 g/mol. The molecule has 0 N–H and O–H groups in total. The molecule has 0 radical (unpaired) electrons. The Morgan fingerprint density at radius 2 is 1.83 bits per heavy atom. The number of carbonyl (C=O) groups is 1. The molecular formula is C17H12N4O3. The van der Waals surface area contributed by atoms with Crippen molar-refractivity contribution in [2.24, 2.45) is 0 Å². The third-order valence-electron chi connectivity index (χ3n) is 3.64. The quantitative estimate of drug-likeness (QED) is 0.540. The van der Waals surface area contributed by atoms with Gasteiger partial charge in [0.15, 0.2) is 5.65 Å². The number of methoxy groups -OCH3 is 1. The van der Waals surface area contributed by atoms with Crippen molar-refractivity contribution in [2.75, 3.05) is 7.11 Å². The van der Waals surface area contributed by atoms with E-state index in [-0.39, 0.29) is 6.01 Å². The molecule has 7 heteroatoms. The van der Waals surface area contributed by atoms with E-state index in [0.717, 1.165) is 10.8 Å². The van der Waals surface area contributed by atoms with Gasteiger partial charge in [0.1, 0.15) is 11.3 Å². The highest BCUT2D eigenvalue weighted by atomic mass is 16.6. The first-order valence-corrected chi connectivity index (χ1v) is 7.22. The Morgan fingerprint density at radius 3 is 2.71 bits per heavy atom. The number of hydrogen-bond acceptors (Lipinski definition) is 6. The lowest BCUT2D eigenvalue weighted by Gasteiger charge is -2.06. The van der Waals surface area contributed by atoms with Crippen molar-refractivity contribution in [2.45, 2.75) is 0 Å². The SMILES string of the molecule is COc1ccccc1C(=O)Oc1nnc2c3ccccc3cnn12. The number of esters is 1. The number of nitrogens with zero attached hydrogens (tertiary/aromatic N) is 4. The summed E-state index contributed by atoms with van der Waals surface area (Å²) in [4.78, 5) is 12.4. The molecule has 118 valence electrons. The number of aromatic nitrogens is 4. The van der Waals surface area contributed by atoms with E-state index >= 15 is 0 Å². The number of fused-ring (bicyclic) bond motifs is 3. The molecule has 2 heterocycles. The summed E-state index contributed by atoms with van der Waals surface area (Å²) in [6, 6.07) is 14.5. The zero-order valence-electron chi connectivity index (χ0n) is 12.7. The van der Waals surface area contributed by atoms with E-state index in [1.807, 2.05) is 24.3 Å². The van der Waals surface area contributed by atoms with Crippen LogP contribution in [0.15, 0.2) is 54.7 Å². The second-order valence-electron chi connectivity index (χ2n) is 5.04. The van der Waals surface area contributed by atoms with E-state index in [1.165, 1.54) is 11.6 Å². The lowest BCUT2D eigenvalue weighted by Crippen LogP contribution is -2.12. The Bertz CT molecular complexity index is 1060. The van der Waals surface area contributed by atoms with Gasteiger partial charge in [0.05, 0.1) is 13.3 Å². The molecular weight excluding hydrogens is 308 g/mol. The average molecular weight is 320 g/mol. The van der Waals surface area contributed by atoms with Gasteiger partial charge in [-0.25, -0.2) is 4.79 Å². The van der Waals surface area contributed by atoms with E-state index in [1.54, 1.807) is 30.5 Å². The summed E-state index contributed by atoms with van der Waals surface area (Å²) in [5.74, 6) is -0.161. The van der Waals surface area contributed by atoms with Crippen LogP contribution in [0.25, 0.3) is 16.4 Å². The number of ether oxygens (including phenoxy) is 2. The van der Waals surface area contributed by atoms with Crippen LogP contribution < -0.4 is 9.47 Å². The van der Waals surface area contributed by atoms with Crippen molar-refractivity contribution in [3.8, 4) is 11.8 Å². The van der Waals surface area contributed by atoms with Crippen LogP contribution in [0, 0.1) is 0 Å². The van der Waals surface area contributed by atoms with E-state index in [2.05, 4.69) is 15.3 Å². The van der Waals surface area contributed by atoms with Crippen molar-refractivity contribution in [1.82, 2.24) is 19.8 Å². The van der Waals surface area contributed by atoms with Gasteiger partial charge < -0.3 is 9.47 Å². The van der Waals surface area contributed by atoms with Crippen molar-refractivity contribution >= 4 is 22.4 Å². The van der Waals surface area contributed by atoms with Crippen molar-refractivity contribution in [1.29, 1.82) is 0 Å². The Morgan fingerprint density at radius 1 is 1.04 bits per heavy atom. The molecule has 0 atom stereocenters. The molecule has 4 aromatic rings. The van der Waals surface area contributed by atoms with Gasteiger partial charge in [0.2, 0.25) is 0 Å². The Labute approximate surface area is 136 Å². The van der Waals surface area contributed by atoms with Crippen molar-refractivity contribution in [3.05, 3.63) is 60.3 Å². The van der Waals surface area contributed by atoms with E-state index in [4.69, 9.17) is 9.47 Å². The van der Waals surface area contributed by atoms with Crippen LogP contribution in [0.4, 0.5) is 0 Å². The molecule has 0 fully saturated rings. The minimum absolute atomic E-state index is 0.00617. The molecule has 0 spiro atoms. The molecule has 0 amide bonds. The molecule has 2 aromatic carbocycles. The first-order valence-electron chi connectivity index (χ1n) is 7.22. The molecule has 0 saturated heterocycles. The lowest BCUT2D eigenvalue weighted by atomic mass is 10.2. The first kappa shape index (κ1) is 14.1. The van der Waals surface area contributed by atoms with Gasteiger partial charge >= 0.3 is 12.0 Å². The Hall–Kier alpha value is -3.48. The molecule has 0 saturated carbocycles. The summed E-state index contributed by atoms with van der Waals surface area (Å²) in [5.41, 5.74) is 0.827. The largest absolute Gasteiger partial charge is 0.496 e. The predicted molar refractivity (Wildman–Crippen MR) is 86.2 cm³/mol. The van der Waals surface area contributed by atoms with Gasteiger partial charge in [-0.3, -0.25) is 0 Å². The topological polar surface area (TPSA) is 78.6 Å². The summed E-state index contributed by atoms with van der Waals surface area (Å²) < 4.78 is 11.9. The molecule has 2 aromatic heterocycles. The number of para-hydroxylation sites is 1. The van der Waals surface area contributed by atoms with Crippen molar-refractivity contribution < 1.29 is 14.3 Å². The number of hydrogen-bond donors (Lipinski definition) is 0. The zero-order valence-corrected chi connectivity index (χ0v) is 12.7. The molecule has 4 rings (SSSR count). The number of rotatable bonds is 3. The highest BCUT2D eigenvalue weighted by Gasteiger charge is 2.18. The smallest absolute Gasteiger partial charge is 0.349 e. The van der Waals surface area contributed by atoms with Gasteiger partial charge in [-0.2, -0.15) is 9.61 Å². The van der Waals surface area contributed by atoms with E-state index < -0.39 is 5.97 Å². The second-order valence-corrected chi connectivity index (χ2v) is 5.04. The molecule has 24 heavy (non-hydrogen) atoms. The third-order valence-corrected chi connectivity index (χ3v) is 3.64. The van der Waals surface area contributed by atoms with Gasteiger partial charge in [0.25, 0.3) is 0 Å². The van der Waals surface area contributed by atoms with Crippen molar-refractivity contribution in [3.63, 3.8) is 0 Å². The van der Waals surface area contributed by atoms with Crippen LogP contribution >= 0.6 is 0 Å². The van der Waals surface area contributed by atoms with Gasteiger partial charge in [0, 0.05) is 10.8 Å². The first-order chi connectivity index (χ1) is 11.8. The standard InChI is InChI=1S/C17H12N4O3/c1-23-14-9-5-4-8-13(14)16(22)24-17-20-19-15-12-7-3-2-6-11(12)10-18-21(15)17/h2-10H,1H3. The maximum Gasteiger partial charge on any atom is 0.349 e. The summed E-state index contributed by atoms with van der Waals surface area (Å²) in [5, 5.41) is 14.1. The maximum atomic E-state index is 12.4. The fourth-order valence-electron chi connectivity index (χ4n) is 2.49. The van der Waals surface area contributed by atoms with Gasteiger partial charge in [-0.15, -0.1) is 5.10 Å². The Balaban J connectivity index is 1.75. The summed E-state index contributed by atoms with van der Waals surface area (Å²) >= 11 is 0. The molecule has 7 nitrogen and oxygen atoms in total. The zero-order chi connectivity index (χ0) is 16.5. The Kier molecular flexibility index (Phi) is 3.31. The van der Waals surface area contributed by atoms with Crippen LogP contribution in [0.2, 0.25) is 0 Å². The molecule has 0 aliphatic carbocycles. The highest BCUT2D eigenvalue weighted by molar-refractivity contribution is 5.95. The minimum atomic E-state index is -0.586. The summed E-state index contributed by atoms with van der Waals surface area (Å²) in [6.45, 7) is 0. The normalized spacial score (nSPS) is 10.9. The van der Waals surface area contributed by atoms with Crippen LogP contribution in [0.3, 0.4) is 0 Å². The highest BCUT2D eigenvalue weighted by Crippen LogP contribution is 2.22. The van der Waals surface area contributed by atoms with Gasteiger partial charge in [-0.05, 0) is 12.1 Å². The second kappa shape index (κ2) is 5.62. The van der Waals surface area contributed by atoms with Crippen LogP contribution in [0.1, 0.15) is 10.4 Å². The van der Waals surface area contributed by atoms with Gasteiger partial charge in [-0.1, -0.05) is 41.5 Å². The average Bonchev–Trinajstić information content (AvgIpc) is 3.05. The maximum absolute atomic E-state index is 12.4. The lowest BCUT2D eigenvalue weighted by molar-refractivity contribution is 0.0712.